The van der Waals surface area contributed by atoms with E-state index in [0.29, 0.717) is 17.1 Å². The van der Waals surface area contributed by atoms with Gasteiger partial charge in [0, 0.05) is 30.7 Å². The number of rotatable bonds is 8. The molecule has 0 saturated carbocycles. The van der Waals surface area contributed by atoms with Crippen molar-refractivity contribution in [2.75, 3.05) is 5.32 Å². The highest BCUT2D eigenvalue weighted by atomic mass is 19.2. The van der Waals surface area contributed by atoms with Crippen LogP contribution in [-0.2, 0) is 20.1 Å². The minimum absolute atomic E-state index is 0.00229. The molecule has 3 heterocycles. The van der Waals surface area contributed by atoms with Gasteiger partial charge in [-0.1, -0.05) is 48.5 Å². The van der Waals surface area contributed by atoms with Crippen molar-refractivity contribution < 1.29 is 13.6 Å². The summed E-state index contributed by atoms with van der Waals surface area (Å²) in [7, 11) is 1.64. The maximum absolute atomic E-state index is 13.7. The second kappa shape index (κ2) is 11.4. The summed E-state index contributed by atoms with van der Waals surface area (Å²) in [6.45, 7) is 1.85. The number of nitrogens with one attached hydrogen (secondary N) is 3. The van der Waals surface area contributed by atoms with Crippen LogP contribution in [0.5, 0.6) is 0 Å². The molecule has 0 saturated heterocycles. The van der Waals surface area contributed by atoms with Crippen LogP contribution in [0.4, 0.5) is 20.3 Å². The number of amides is 1. The Kier molecular flexibility index (Phi) is 7.29. The van der Waals surface area contributed by atoms with E-state index in [1.807, 2.05) is 60.7 Å². The number of aromatic amines is 1. The molecule has 0 aliphatic rings. The van der Waals surface area contributed by atoms with Gasteiger partial charge >= 0.3 is 0 Å². The quantitative estimate of drug-likeness (QED) is 0.223. The van der Waals surface area contributed by atoms with Crippen molar-refractivity contribution in [3.8, 4) is 11.3 Å². The molecule has 6 aromatic rings. The summed E-state index contributed by atoms with van der Waals surface area (Å²) in [5, 5.41) is 6.99. The lowest BCUT2D eigenvalue weighted by molar-refractivity contribution is 0.0949. The topological polar surface area (TPSA) is 110 Å². The van der Waals surface area contributed by atoms with Crippen molar-refractivity contribution in [1.29, 1.82) is 0 Å². The highest BCUT2D eigenvalue weighted by Gasteiger charge is 2.21. The molecule has 0 aliphatic carbocycles. The molecule has 0 fully saturated rings. The Balaban J connectivity index is 1.13. The van der Waals surface area contributed by atoms with E-state index < -0.39 is 23.1 Å². The minimum Gasteiger partial charge on any atom is -0.348 e. The summed E-state index contributed by atoms with van der Waals surface area (Å²) < 4.78 is 29.8. The van der Waals surface area contributed by atoms with E-state index >= 15 is 0 Å². The molecule has 9 nitrogen and oxygen atoms in total. The lowest BCUT2D eigenvalue weighted by Gasteiger charge is -2.09. The number of benzene rings is 3. The SMILES string of the molecule is Cc1c(C(=O)NCc2ccc(Nc3ncnc4[nH]c(-c5ccccc5)cc34)cc2)c(=O)n(Cc2ccc(F)c(F)c2)n1C. The van der Waals surface area contributed by atoms with Crippen LogP contribution in [0.15, 0.2) is 90.0 Å². The molecule has 0 unspecified atom stereocenters. The molecule has 3 N–H and O–H groups in total. The normalized spacial score (nSPS) is 11.2. The maximum atomic E-state index is 13.7. The number of H-pyrrole nitrogens is 1. The molecule has 0 aliphatic heterocycles. The standard InChI is InChI=1S/C32H27F2N7O2/c1-19-28(32(43)41(40(19)2)17-21-10-13-25(33)26(34)14-21)31(42)35-16-20-8-11-23(12-9-20)38-29-24-15-27(22-6-4-3-5-7-22)39-30(24)37-18-36-29/h3-15,18H,16-17H2,1-2H3,(H,35,42)(H2,36,37,38,39). The third kappa shape index (κ3) is 5.52. The number of halogens is 2. The smallest absolute Gasteiger partial charge is 0.280 e. The van der Waals surface area contributed by atoms with Crippen LogP contribution in [0.3, 0.4) is 0 Å². The van der Waals surface area contributed by atoms with E-state index in [0.717, 1.165) is 45.7 Å². The molecule has 0 bridgehead atoms. The molecule has 11 heteroatoms. The van der Waals surface area contributed by atoms with Crippen molar-refractivity contribution in [2.45, 2.75) is 20.0 Å². The van der Waals surface area contributed by atoms with Gasteiger partial charge in [-0.3, -0.25) is 14.3 Å². The van der Waals surface area contributed by atoms with Crippen molar-refractivity contribution >= 4 is 28.4 Å². The predicted molar refractivity (Wildman–Crippen MR) is 160 cm³/mol. The van der Waals surface area contributed by atoms with Crippen LogP contribution in [0.2, 0.25) is 0 Å². The number of hydrogen-bond donors (Lipinski definition) is 3. The molecule has 0 atom stereocenters. The predicted octanol–water partition coefficient (Wildman–Crippen LogP) is 5.43. The van der Waals surface area contributed by atoms with Gasteiger partial charge in [-0.05, 0) is 53.9 Å². The fourth-order valence-corrected chi connectivity index (χ4v) is 4.94. The number of anilines is 2. The summed E-state index contributed by atoms with van der Waals surface area (Å²) in [6.07, 6.45) is 1.50. The maximum Gasteiger partial charge on any atom is 0.280 e. The Morgan fingerprint density at radius 2 is 1.67 bits per heavy atom. The number of carbonyl (C=O) groups is 1. The highest BCUT2D eigenvalue weighted by molar-refractivity contribution is 5.95. The van der Waals surface area contributed by atoms with Gasteiger partial charge in [-0.2, -0.15) is 0 Å². The van der Waals surface area contributed by atoms with Crippen molar-refractivity contribution in [1.82, 2.24) is 29.6 Å². The van der Waals surface area contributed by atoms with Crippen LogP contribution < -0.4 is 16.2 Å². The monoisotopic (exact) mass is 579 g/mol. The van der Waals surface area contributed by atoms with Crippen molar-refractivity contribution in [2.24, 2.45) is 7.05 Å². The highest BCUT2D eigenvalue weighted by Crippen LogP contribution is 2.28. The molecular formula is C32H27F2N7O2. The summed E-state index contributed by atoms with van der Waals surface area (Å²) in [5.74, 6) is -1.83. The zero-order valence-corrected chi connectivity index (χ0v) is 23.4. The summed E-state index contributed by atoms with van der Waals surface area (Å²) in [6, 6.07) is 22.9. The van der Waals surface area contributed by atoms with Gasteiger partial charge in [-0.15, -0.1) is 0 Å². The molecule has 6 rings (SSSR count). The average Bonchev–Trinajstić information content (AvgIpc) is 3.55. The third-order valence-electron chi connectivity index (χ3n) is 7.38. The number of aromatic nitrogens is 5. The van der Waals surface area contributed by atoms with Gasteiger partial charge in [0.1, 0.15) is 23.4 Å². The van der Waals surface area contributed by atoms with Gasteiger partial charge in [0.25, 0.3) is 11.5 Å². The van der Waals surface area contributed by atoms with Crippen LogP contribution in [0.1, 0.15) is 27.2 Å². The zero-order valence-electron chi connectivity index (χ0n) is 23.4. The second-order valence-electron chi connectivity index (χ2n) is 10.1. The number of hydrogen-bond acceptors (Lipinski definition) is 5. The molecule has 3 aromatic heterocycles. The molecule has 0 radical (unpaired) electrons. The first-order chi connectivity index (χ1) is 20.8. The molecular weight excluding hydrogens is 552 g/mol. The number of nitrogens with zero attached hydrogens (tertiary/aromatic N) is 4. The Labute approximate surface area is 244 Å². The van der Waals surface area contributed by atoms with Gasteiger partial charge in [-0.25, -0.2) is 23.4 Å². The second-order valence-corrected chi connectivity index (χ2v) is 10.1. The number of carbonyl (C=O) groups excluding carboxylic acids is 1. The van der Waals surface area contributed by atoms with Gasteiger partial charge in [0.05, 0.1) is 11.9 Å². The third-order valence-corrected chi connectivity index (χ3v) is 7.38. The first-order valence-corrected chi connectivity index (χ1v) is 13.5. The summed E-state index contributed by atoms with van der Waals surface area (Å²) >= 11 is 0. The Bertz CT molecular complexity index is 2010. The average molecular weight is 580 g/mol. The van der Waals surface area contributed by atoms with Crippen LogP contribution in [0.25, 0.3) is 22.3 Å². The van der Waals surface area contributed by atoms with Crippen LogP contribution in [0, 0.1) is 18.6 Å². The fraction of sp³-hybridized carbons (Fsp3) is 0.125. The Hall–Kier alpha value is -5.58. The molecule has 0 spiro atoms. The zero-order chi connectivity index (χ0) is 30.1. The Morgan fingerprint density at radius 3 is 2.42 bits per heavy atom. The van der Waals surface area contributed by atoms with Gasteiger partial charge in [0.15, 0.2) is 11.6 Å². The fourth-order valence-electron chi connectivity index (χ4n) is 4.94. The Morgan fingerprint density at radius 1 is 0.930 bits per heavy atom. The number of fused-ring (bicyclic) bond motifs is 1. The van der Waals surface area contributed by atoms with E-state index in [-0.39, 0.29) is 18.7 Å². The summed E-state index contributed by atoms with van der Waals surface area (Å²) in [5.41, 5.74) is 4.68. The van der Waals surface area contributed by atoms with Crippen LogP contribution >= 0.6 is 0 Å². The molecule has 1 amide bonds. The molecule has 43 heavy (non-hydrogen) atoms. The van der Waals surface area contributed by atoms with E-state index in [2.05, 4.69) is 25.6 Å². The van der Waals surface area contributed by atoms with E-state index in [9.17, 15) is 18.4 Å². The molecule has 3 aromatic carbocycles. The first kappa shape index (κ1) is 27.6. The van der Waals surface area contributed by atoms with E-state index in [1.54, 1.807) is 14.0 Å². The lowest BCUT2D eigenvalue weighted by Crippen LogP contribution is -2.30. The molecule has 216 valence electrons. The minimum atomic E-state index is -0.998. The van der Waals surface area contributed by atoms with Crippen molar-refractivity contribution in [3.63, 3.8) is 0 Å². The van der Waals surface area contributed by atoms with Gasteiger partial charge < -0.3 is 15.6 Å². The summed E-state index contributed by atoms with van der Waals surface area (Å²) in [4.78, 5) is 38.2. The van der Waals surface area contributed by atoms with Gasteiger partial charge in [0.2, 0.25) is 0 Å². The first-order valence-electron chi connectivity index (χ1n) is 13.5. The van der Waals surface area contributed by atoms with E-state index in [4.69, 9.17) is 0 Å². The van der Waals surface area contributed by atoms with E-state index in [1.165, 1.54) is 21.8 Å². The largest absolute Gasteiger partial charge is 0.348 e. The van der Waals surface area contributed by atoms with Crippen LogP contribution in [-0.4, -0.2) is 30.2 Å². The van der Waals surface area contributed by atoms with Crippen molar-refractivity contribution in [3.05, 3.63) is 130 Å². The lowest BCUT2D eigenvalue weighted by atomic mass is 10.1.